The summed E-state index contributed by atoms with van der Waals surface area (Å²) >= 11 is 0. The van der Waals surface area contributed by atoms with Gasteiger partial charge in [0, 0.05) is 17.4 Å². The van der Waals surface area contributed by atoms with Gasteiger partial charge in [-0.25, -0.2) is 0 Å². The van der Waals surface area contributed by atoms with Crippen LogP contribution in [0.5, 0.6) is 0 Å². The molecular formula is C14H12F3N3O. The molecule has 0 saturated carbocycles. The topological polar surface area (TPSA) is 46.9 Å². The van der Waals surface area contributed by atoms with Crippen LogP contribution in [0, 0.1) is 0 Å². The highest BCUT2D eigenvalue weighted by Gasteiger charge is 2.28. The van der Waals surface area contributed by atoms with Crippen molar-refractivity contribution in [3.05, 3.63) is 49.2 Å². The number of amides is 1. The molecule has 0 aliphatic carbocycles. The average molecular weight is 295 g/mol. The van der Waals surface area contributed by atoms with Crippen LogP contribution in [-0.4, -0.2) is 21.9 Å². The molecule has 0 unspecified atom stereocenters. The Morgan fingerprint density at radius 2 is 1.95 bits per heavy atom. The van der Waals surface area contributed by atoms with Gasteiger partial charge in [-0.1, -0.05) is 18.7 Å². The molecule has 0 aliphatic heterocycles. The summed E-state index contributed by atoms with van der Waals surface area (Å²) in [5, 5.41) is 6.44. The Labute approximate surface area is 118 Å². The van der Waals surface area contributed by atoms with Crippen molar-refractivity contribution in [3.8, 4) is 11.3 Å². The molecule has 2 aromatic rings. The number of hydrogen-bond acceptors (Lipinski definition) is 2. The van der Waals surface area contributed by atoms with Crippen molar-refractivity contribution in [2.24, 2.45) is 0 Å². The fourth-order valence-corrected chi connectivity index (χ4v) is 1.71. The van der Waals surface area contributed by atoms with Crippen molar-refractivity contribution >= 4 is 11.6 Å². The summed E-state index contributed by atoms with van der Waals surface area (Å²) in [4.78, 5) is 11.1. The van der Waals surface area contributed by atoms with Gasteiger partial charge in [0.15, 0.2) is 0 Å². The number of aromatic nitrogens is 2. The van der Waals surface area contributed by atoms with E-state index in [0.717, 1.165) is 10.8 Å². The molecule has 0 radical (unpaired) electrons. The summed E-state index contributed by atoms with van der Waals surface area (Å²) < 4.78 is 37.6. The van der Waals surface area contributed by atoms with Gasteiger partial charge in [0.05, 0.1) is 5.69 Å². The molecule has 21 heavy (non-hydrogen) atoms. The molecular weight excluding hydrogens is 283 g/mol. The second-order valence-electron chi connectivity index (χ2n) is 4.28. The molecule has 4 nitrogen and oxygen atoms in total. The smallest absolute Gasteiger partial charge is 0.323 e. The maximum absolute atomic E-state index is 12.3. The fourth-order valence-electron chi connectivity index (χ4n) is 1.71. The number of nitrogens with one attached hydrogen (secondary N) is 1. The van der Waals surface area contributed by atoms with Crippen LogP contribution in [0.1, 0.15) is 0 Å². The van der Waals surface area contributed by atoms with Gasteiger partial charge >= 0.3 is 6.18 Å². The van der Waals surface area contributed by atoms with E-state index in [4.69, 9.17) is 0 Å². The van der Waals surface area contributed by atoms with Crippen molar-refractivity contribution in [2.45, 2.75) is 12.7 Å². The van der Waals surface area contributed by atoms with Gasteiger partial charge < -0.3 is 5.32 Å². The normalized spacial score (nSPS) is 11.2. The predicted molar refractivity (Wildman–Crippen MR) is 72.5 cm³/mol. The first-order valence-electron chi connectivity index (χ1n) is 6.01. The maximum Gasteiger partial charge on any atom is 0.408 e. The molecule has 1 aromatic carbocycles. The minimum atomic E-state index is -4.30. The summed E-state index contributed by atoms with van der Waals surface area (Å²) in [7, 11) is 0. The lowest BCUT2D eigenvalue weighted by Gasteiger charge is -2.05. The first kappa shape index (κ1) is 14.8. The SMILES string of the molecule is C=CC(=O)Nc1ccc(-c2ccn(CC(F)(F)F)n2)cc1. The second-order valence-corrected chi connectivity index (χ2v) is 4.28. The number of alkyl halides is 3. The number of hydrogen-bond donors (Lipinski definition) is 1. The zero-order chi connectivity index (χ0) is 15.5. The quantitative estimate of drug-likeness (QED) is 0.880. The van der Waals surface area contributed by atoms with E-state index in [9.17, 15) is 18.0 Å². The number of nitrogens with zero attached hydrogens (tertiary/aromatic N) is 2. The fraction of sp³-hybridized carbons (Fsp3) is 0.143. The van der Waals surface area contributed by atoms with Crippen LogP contribution in [0.2, 0.25) is 0 Å². The van der Waals surface area contributed by atoms with E-state index >= 15 is 0 Å². The summed E-state index contributed by atoms with van der Waals surface area (Å²) in [6.45, 7) is 2.21. The number of carbonyl (C=O) groups is 1. The Morgan fingerprint density at radius 3 is 2.52 bits per heavy atom. The Morgan fingerprint density at radius 1 is 1.29 bits per heavy atom. The van der Waals surface area contributed by atoms with Crippen LogP contribution >= 0.6 is 0 Å². The van der Waals surface area contributed by atoms with Crippen molar-refractivity contribution in [2.75, 3.05) is 5.32 Å². The predicted octanol–water partition coefficient (Wildman–Crippen LogP) is 3.24. The van der Waals surface area contributed by atoms with Crippen molar-refractivity contribution in [3.63, 3.8) is 0 Å². The van der Waals surface area contributed by atoms with Gasteiger partial charge in [-0.2, -0.15) is 18.3 Å². The third-order valence-corrected chi connectivity index (χ3v) is 2.62. The van der Waals surface area contributed by atoms with Gasteiger partial charge in [-0.15, -0.1) is 0 Å². The van der Waals surface area contributed by atoms with Gasteiger partial charge in [-0.3, -0.25) is 9.48 Å². The van der Waals surface area contributed by atoms with Gasteiger partial charge in [0.1, 0.15) is 6.54 Å². The van der Waals surface area contributed by atoms with Gasteiger partial charge in [-0.05, 0) is 24.3 Å². The van der Waals surface area contributed by atoms with E-state index < -0.39 is 12.7 Å². The lowest BCUT2D eigenvalue weighted by molar-refractivity contribution is -0.142. The molecule has 110 valence electrons. The van der Waals surface area contributed by atoms with Crippen LogP contribution in [0.4, 0.5) is 18.9 Å². The largest absolute Gasteiger partial charge is 0.408 e. The molecule has 0 bridgehead atoms. The Balaban J connectivity index is 2.12. The third-order valence-electron chi connectivity index (χ3n) is 2.62. The molecule has 0 spiro atoms. The number of benzene rings is 1. The van der Waals surface area contributed by atoms with Crippen LogP contribution in [0.15, 0.2) is 49.2 Å². The number of carbonyl (C=O) groups excluding carboxylic acids is 1. The van der Waals surface area contributed by atoms with Crippen LogP contribution in [-0.2, 0) is 11.3 Å². The number of halogens is 3. The van der Waals surface area contributed by atoms with Gasteiger partial charge in [0.25, 0.3) is 0 Å². The Kier molecular flexibility index (Phi) is 4.11. The third kappa shape index (κ3) is 4.20. The minimum absolute atomic E-state index is 0.336. The van der Waals surface area contributed by atoms with E-state index in [1.165, 1.54) is 12.3 Å². The molecule has 0 atom stereocenters. The molecule has 1 aromatic heterocycles. The molecule has 0 saturated heterocycles. The lowest BCUT2D eigenvalue weighted by atomic mass is 10.1. The summed E-state index contributed by atoms with van der Waals surface area (Å²) in [6, 6.07) is 8.11. The summed E-state index contributed by atoms with van der Waals surface area (Å²) in [5.74, 6) is -0.336. The molecule has 2 rings (SSSR count). The summed E-state index contributed by atoms with van der Waals surface area (Å²) in [6.07, 6.45) is -1.88. The number of anilines is 1. The van der Waals surface area contributed by atoms with Crippen LogP contribution in [0.3, 0.4) is 0 Å². The first-order valence-corrected chi connectivity index (χ1v) is 6.01. The van der Waals surface area contributed by atoms with E-state index in [0.29, 0.717) is 16.9 Å². The van der Waals surface area contributed by atoms with Crippen molar-refractivity contribution < 1.29 is 18.0 Å². The number of rotatable bonds is 4. The minimum Gasteiger partial charge on any atom is -0.323 e. The average Bonchev–Trinajstić information content (AvgIpc) is 2.85. The van der Waals surface area contributed by atoms with Gasteiger partial charge in [0.2, 0.25) is 5.91 Å². The molecule has 1 amide bonds. The van der Waals surface area contributed by atoms with Crippen LogP contribution < -0.4 is 5.32 Å². The first-order chi connectivity index (χ1) is 9.87. The van der Waals surface area contributed by atoms with E-state index in [1.807, 2.05) is 0 Å². The highest BCUT2D eigenvalue weighted by molar-refractivity contribution is 5.98. The standard InChI is InChI=1S/C14H12F3N3O/c1-2-13(21)18-11-5-3-10(4-6-11)12-7-8-20(19-12)9-14(15,16)17/h2-8H,1,9H2,(H,18,21). The van der Waals surface area contributed by atoms with E-state index in [1.54, 1.807) is 24.3 Å². The molecule has 7 heteroatoms. The van der Waals surface area contributed by atoms with Crippen molar-refractivity contribution in [1.29, 1.82) is 0 Å². The molecule has 0 fully saturated rings. The maximum atomic E-state index is 12.3. The van der Waals surface area contributed by atoms with Crippen LogP contribution in [0.25, 0.3) is 11.3 Å². The lowest BCUT2D eigenvalue weighted by Crippen LogP contribution is -2.17. The molecule has 1 N–H and O–H groups in total. The second kappa shape index (κ2) is 5.82. The Bertz CT molecular complexity index is 644. The molecule has 0 aliphatic rings. The monoisotopic (exact) mass is 295 g/mol. The highest BCUT2D eigenvalue weighted by atomic mass is 19.4. The van der Waals surface area contributed by atoms with E-state index in [-0.39, 0.29) is 5.91 Å². The Hall–Kier alpha value is -2.57. The van der Waals surface area contributed by atoms with E-state index in [2.05, 4.69) is 17.0 Å². The van der Waals surface area contributed by atoms with Crippen molar-refractivity contribution in [1.82, 2.24) is 9.78 Å². The zero-order valence-electron chi connectivity index (χ0n) is 10.9. The zero-order valence-corrected chi connectivity index (χ0v) is 10.9. The molecule has 1 heterocycles. The summed E-state index contributed by atoms with van der Waals surface area (Å²) in [5.41, 5.74) is 1.66. The highest BCUT2D eigenvalue weighted by Crippen LogP contribution is 2.22.